The summed E-state index contributed by atoms with van der Waals surface area (Å²) < 4.78 is 3.98. The lowest BCUT2D eigenvalue weighted by Crippen LogP contribution is -2.38. The second-order valence-electron chi connectivity index (χ2n) is 6.14. The molecule has 3 heterocycles. The molecule has 0 atom stereocenters. The van der Waals surface area contributed by atoms with Crippen molar-refractivity contribution in [2.75, 3.05) is 13.6 Å². The number of aromatic nitrogens is 4. The van der Waals surface area contributed by atoms with Crippen molar-refractivity contribution in [1.29, 1.82) is 0 Å². The first-order chi connectivity index (χ1) is 12.7. The molecule has 0 aliphatic rings. The number of aryl methyl sites for hydroxylation is 2. The third kappa shape index (κ3) is 5.81. The van der Waals surface area contributed by atoms with Crippen LogP contribution >= 0.6 is 24.0 Å². The van der Waals surface area contributed by atoms with Gasteiger partial charge in [0.2, 0.25) is 0 Å². The summed E-state index contributed by atoms with van der Waals surface area (Å²) in [6.07, 6.45) is 5.97. The number of pyridine rings is 1. The Balaban J connectivity index is 0.00000261. The Hall–Kier alpha value is -2.36. The van der Waals surface area contributed by atoms with Crippen molar-refractivity contribution >= 4 is 29.9 Å². The zero-order valence-corrected chi connectivity index (χ0v) is 18.2. The summed E-state index contributed by atoms with van der Waals surface area (Å²) in [6, 6.07) is 10.1. The molecule has 0 spiro atoms. The molecule has 0 saturated heterocycles. The maximum absolute atomic E-state index is 4.52. The number of nitrogens with zero attached hydrogens (tertiary/aromatic N) is 5. The highest BCUT2D eigenvalue weighted by Gasteiger charge is 2.05. The van der Waals surface area contributed by atoms with Gasteiger partial charge in [0.25, 0.3) is 0 Å². The highest BCUT2D eigenvalue weighted by Crippen LogP contribution is 2.10. The van der Waals surface area contributed by atoms with Gasteiger partial charge in [-0.3, -0.25) is 4.99 Å². The average Bonchev–Trinajstić information content (AvgIpc) is 3.27. The van der Waals surface area contributed by atoms with Gasteiger partial charge in [0.15, 0.2) is 11.8 Å². The Morgan fingerprint density at radius 3 is 2.52 bits per heavy atom. The van der Waals surface area contributed by atoms with Crippen LogP contribution in [-0.2, 0) is 13.1 Å². The fraction of sp³-hybridized carbons (Fsp3) is 0.316. The largest absolute Gasteiger partial charge is 0.355 e. The van der Waals surface area contributed by atoms with Crippen LogP contribution in [-0.4, -0.2) is 38.9 Å². The minimum atomic E-state index is 0. The smallest absolute Gasteiger partial charge is 0.191 e. The average molecular weight is 479 g/mol. The molecule has 0 aromatic carbocycles. The van der Waals surface area contributed by atoms with Crippen molar-refractivity contribution in [1.82, 2.24) is 30.0 Å². The third-order valence-electron chi connectivity index (χ3n) is 4.05. The Morgan fingerprint density at radius 1 is 1.15 bits per heavy atom. The fourth-order valence-corrected chi connectivity index (χ4v) is 2.74. The molecular weight excluding hydrogens is 453 g/mol. The molecule has 0 amide bonds. The highest BCUT2D eigenvalue weighted by molar-refractivity contribution is 14.0. The van der Waals surface area contributed by atoms with E-state index in [-0.39, 0.29) is 24.0 Å². The number of nitrogens with one attached hydrogen (secondary N) is 2. The van der Waals surface area contributed by atoms with Crippen molar-refractivity contribution in [2.24, 2.45) is 4.99 Å². The molecule has 144 valence electrons. The molecule has 3 rings (SSSR count). The van der Waals surface area contributed by atoms with Crippen molar-refractivity contribution in [3.8, 4) is 5.82 Å². The number of hydrogen-bond donors (Lipinski definition) is 2. The van der Waals surface area contributed by atoms with Crippen LogP contribution in [0.3, 0.4) is 0 Å². The van der Waals surface area contributed by atoms with Gasteiger partial charge in [-0.15, -0.1) is 24.0 Å². The Bertz CT molecular complexity index is 851. The van der Waals surface area contributed by atoms with Crippen LogP contribution in [0.15, 0.2) is 53.9 Å². The summed E-state index contributed by atoms with van der Waals surface area (Å²) in [5.74, 6) is 1.60. The Kier molecular flexibility index (Phi) is 7.83. The van der Waals surface area contributed by atoms with Gasteiger partial charge in [0.05, 0.1) is 5.69 Å². The van der Waals surface area contributed by atoms with Crippen LogP contribution in [0.25, 0.3) is 5.82 Å². The van der Waals surface area contributed by atoms with E-state index in [4.69, 9.17) is 0 Å². The van der Waals surface area contributed by atoms with Crippen LogP contribution in [0.4, 0.5) is 0 Å². The molecule has 3 aromatic heterocycles. The number of hydrogen-bond acceptors (Lipinski definition) is 3. The van der Waals surface area contributed by atoms with E-state index in [1.54, 1.807) is 7.05 Å². The second kappa shape index (κ2) is 10.1. The van der Waals surface area contributed by atoms with Crippen molar-refractivity contribution in [3.05, 3.63) is 65.9 Å². The van der Waals surface area contributed by atoms with E-state index >= 15 is 0 Å². The predicted molar refractivity (Wildman–Crippen MR) is 119 cm³/mol. The molecular formula is C19H26IN7. The van der Waals surface area contributed by atoms with Gasteiger partial charge < -0.3 is 15.2 Å². The molecule has 8 heteroatoms. The standard InChI is InChI=1S/C19H25N7.HI/c1-15-12-16(2)26(24-15)18-7-6-17(13-22-18)14-23-19(20-3)21-8-11-25-9-4-5-10-25;/h4-7,9-10,12-13H,8,11,14H2,1-3H3,(H2,20,21,23);1H. The molecule has 0 fully saturated rings. The Morgan fingerprint density at radius 2 is 1.93 bits per heavy atom. The van der Waals surface area contributed by atoms with Gasteiger partial charge in [-0.05, 0) is 43.7 Å². The van der Waals surface area contributed by atoms with Gasteiger partial charge in [-0.1, -0.05) is 6.07 Å². The summed E-state index contributed by atoms with van der Waals surface area (Å²) in [5, 5.41) is 11.1. The zero-order chi connectivity index (χ0) is 18.4. The normalized spacial score (nSPS) is 11.1. The van der Waals surface area contributed by atoms with E-state index < -0.39 is 0 Å². The molecule has 0 aliphatic heterocycles. The topological polar surface area (TPSA) is 72.1 Å². The first-order valence-corrected chi connectivity index (χ1v) is 8.69. The van der Waals surface area contributed by atoms with E-state index in [1.165, 1.54) is 0 Å². The quantitative estimate of drug-likeness (QED) is 0.324. The number of rotatable bonds is 6. The van der Waals surface area contributed by atoms with Crippen molar-refractivity contribution in [3.63, 3.8) is 0 Å². The van der Waals surface area contributed by atoms with Crippen LogP contribution in [0.1, 0.15) is 17.0 Å². The van der Waals surface area contributed by atoms with E-state index in [1.807, 2.05) is 61.4 Å². The summed E-state index contributed by atoms with van der Waals surface area (Å²) >= 11 is 0. The molecule has 3 aromatic rings. The predicted octanol–water partition coefficient (Wildman–Crippen LogP) is 2.67. The lowest BCUT2D eigenvalue weighted by atomic mass is 10.3. The molecule has 2 N–H and O–H groups in total. The summed E-state index contributed by atoms with van der Waals surface area (Å²) in [7, 11) is 1.77. The van der Waals surface area contributed by atoms with Gasteiger partial charge in [-0.2, -0.15) is 5.10 Å². The highest BCUT2D eigenvalue weighted by atomic mass is 127. The molecule has 0 saturated carbocycles. The molecule has 0 unspecified atom stereocenters. The molecule has 0 aliphatic carbocycles. The number of guanidine groups is 1. The monoisotopic (exact) mass is 479 g/mol. The Labute approximate surface area is 176 Å². The van der Waals surface area contributed by atoms with Crippen LogP contribution in [0.2, 0.25) is 0 Å². The minimum Gasteiger partial charge on any atom is -0.355 e. The van der Waals surface area contributed by atoms with Crippen LogP contribution < -0.4 is 10.6 Å². The molecule has 0 radical (unpaired) electrons. The molecule has 0 bridgehead atoms. The first kappa shape index (κ1) is 20.9. The van der Waals surface area contributed by atoms with Gasteiger partial charge in [0.1, 0.15) is 0 Å². The van der Waals surface area contributed by atoms with E-state index in [0.717, 1.165) is 41.8 Å². The summed E-state index contributed by atoms with van der Waals surface area (Å²) in [5.41, 5.74) is 3.15. The number of halogens is 1. The van der Waals surface area contributed by atoms with E-state index in [0.29, 0.717) is 6.54 Å². The first-order valence-electron chi connectivity index (χ1n) is 8.69. The number of aliphatic imine (C=N–C) groups is 1. The lowest BCUT2D eigenvalue weighted by Gasteiger charge is -2.12. The third-order valence-corrected chi connectivity index (χ3v) is 4.05. The van der Waals surface area contributed by atoms with Gasteiger partial charge in [0, 0.05) is 51.0 Å². The minimum absolute atomic E-state index is 0. The summed E-state index contributed by atoms with van der Waals surface area (Å²) in [6.45, 7) is 6.38. The fourth-order valence-electron chi connectivity index (χ4n) is 2.74. The second-order valence-corrected chi connectivity index (χ2v) is 6.14. The van der Waals surface area contributed by atoms with Gasteiger partial charge >= 0.3 is 0 Å². The van der Waals surface area contributed by atoms with Crippen molar-refractivity contribution in [2.45, 2.75) is 26.9 Å². The SMILES string of the molecule is CN=C(NCCn1cccc1)NCc1ccc(-n2nc(C)cc2C)nc1.I. The van der Waals surface area contributed by atoms with Crippen LogP contribution in [0, 0.1) is 13.8 Å². The van der Waals surface area contributed by atoms with E-state index in [9.17, 15) is 0 Å². The van der Waals surface area contributed by atoms with E-state index in [2.05, 4.69) is 36.3 Å². The lowest BCUT2D eigenvalue weighted by molar-refractivity contribution is 0.665. The van der Waals surface area contributed by atoms with Crippen molar-refractivity contribution < 1.29 is 0 Å². The van der Waals surface area contributed by atoms with Crippen LogP contribution in [0.5, 0.6) is 0 Å². The maximum atomic E-state index is 4.52. The zero-order valence-electron chi connectivity index (χ0n) is 15.9. The molecule has 7 nitrogen and oxygen atoms in total. The molecule has 27 heavy (non-hydrogen) atoms. The summed E-state index contributed by atoms with van der Waals surface area (Å²) in [4.78, 5) is 8.77. The maximum Gasteiger partial charge on any atom is 0.191 e. The van der Waals surface area contributed by atoms with Gasteiger partial charge in [-0.25, -0.2) is 9.67 Å².